The van der Waals surface area contributed by atoms with Gasteiger partial charge in [0.25, 0.3) is 5.91 Å². The van der Waals surface area contributed by atoms with Crippen molar-refractivity contribution in [2.75, 3.05) is 5.32 Å². The quantitative estimate of drug-likeness (QED) is 0.435. The van der Waals surface area contributed by atoms with Crippen LogP contribution in [0.2, 0.25) is 0 Å². The number of nitrogens with zero attached hydrogens (tertiary/aromatic N) is 2. The van der Waals surface area contributed by atoms with E-state index in [-0.39, 0.29) is 5.82 Å². The van der Waals surface area contributed by atoms with Crippen molar-refractivity contribution < 1.29 is 9.18 Å². The lowest BCUT2D eigenvalue weighted by atomic mass is 10.1. The Morgan fingerprint density at radius 3 is 2.60 bits per heavy atom. The van der Waals surface area contributed by atoms with Gasteiger partial charge in [0.2, 0.25) is 0 Å². The summed E-state index contributed by atoms with van der Waals surface area (Å²) >= 11 is 1.44. The Morgan fingerprint density at radius 1 is 1.17 bits per heavy atom. The van der Waals surface area contributed by atoms with Crippen LogP contribution < -0.4 is 11.1 Å². The van der Waals surface area contributed by atoms with E-state index in [4.69, 9.17) is 5.73 Å². The number of halogens is 1. The molecule has 0 bridgehead atoms. The van der Waals surface area contributed by atoms with Crippen molar-refractivity contribution in [3.8, 4) is 11.4 Å². The highest BCUT2D eigenvalue weighted by atomic mass is 32.1. The van der Waals surface area contributed by atoms with E-state index in [0.717, 1.165) is 29.2 Å². The number of aryl methyl sites for hydroxylation is 1. The van der Waals surface area contributed by atoms with Crippen LogP contribution in [0.1, 0.15) is 21.6 Å². The molecule has 0 saturated heterocycles. The molecule has 4 rings (SSSR count). The molecule has 0 atom stereocenters. The predicted octanol–water partition coefficient (Wildman–Crippen LogP) is 5.14. The van der Waals surface area contributed by atoms with Gasteiger partial charge < -0.3 is 15.6 Å². The molecule has 0 aliphatic heterocycles. The number of nitrogens with two attached hydrogens (primary N) is 1. The molecule has 5 nitrogen and oxygen atoms in total. The molecule has 3 N–H and O–H groups in total. The molecule has 1 amide bonds. The first-order valence-corrected chi connectivity index (χ1v) is 10.4. The highest BCUT2D eigenvalue weighted by Crippen LogP contribution is 2.30. The van der Waals surface area contributed by atoms with Gasteiger partial charge in [0, 0.05) is 23.3 Å². The number of benzene rings is 2. The minimum atomic E-state index is -0.452. The number of rotatable bonds is 7. The average molecular weight is 421 g/mol. The zero-order chi connectivity index (χ0) is 21.1. The molecule has 30 heavy (non-hydrogen) atoms. The molecule has 2 aromatic carbocycles. The summed E-state index contributed by atoms with van der Waals surface area (Å²) in [6, 6.07) is 18.1. The molecule has 0 aliphatic carbocycles. The van der Waals surface area contributed by atoms with Crippen LogP contribution in [-0.4, -0.2) is 15.5 Å². The summed E-state index contributed by atoms with van der Waals surface area (Å²) in [6.07, 6.45) is 0.826. The smallest absolute Gasteiger partial charge is 0.250 e. The van der Waals surface area contributed by atoms with Crippen molar-refractivity contribution in [2.24, 2.45) is 5.73 Å². The van der Waals surface area contributed by atoms with Gasteiger partial charge in [-0.3, -0.25) is 4.79 Å². The summed E-state index contributed by atoms with van der Waals surface area (Å²) in [6.45, 7) is 2.61. The van der Waals surface area contributed by atoms with Crippen LogP contribution in [-0.2, 0) is 13.0 Å². The third-order valence-electron chi connectivity index (χ3n) is 4.96. The van der Waals surface area contributed by atoms with E-state index in [9.17, 15) is 9.18 Å². The number of anilines is 2. The molecule has 152 valence electrons. The summed E-state index contributed by atoms with van der Waals surface area (Å²) in [5.41, 5.74) is 10.5. The number of aromatic nitrogens is 2. The molecular weight excluding hydrogens is 399 g/mol. The summed E-state index contributed by atoms with van der Waals surface area (Å²) in [7, 11) is 0. The Bertz CT molecular complexity index is 1170. The van der Waals surface area contributed by atoms with E-state index in [0.29, 0.717) is 17.2 Å². The van der Waals surface area contributed by atoms with Crippen molar-refractivity contribution in [1.29, 1.82) is 0 Å². The van der Waals surface area contributed by atoms with Crippen LogP contribution in [0, 0.1) is 12.7 Å². The van der Waals surface area contributed by atoms with Crippen molar-refractivity contribution in [3.63, 3.8) is 0 Å². The van der Waals surface area contributed by atoms with Crippen LogP contribution in [0.15, 0.2) is 66.0 Å². The number of carbonyl (C=O) groups excluding carboxylic acids is 1. The molecular formula is C23H21FN4OS. The van der Waals surface area contributed by atoms with Gasteiger partial charge in [-0.25, -0.2) is 9.37 Å². The van der Waals surface area contributed by atoms with Crippen LogP contribution in [0.4, 0.5) is 15.2 Å². The molecule has 0 aliphatic rings. The number of hydrogen-bond acceptors (Lipinski definition) is 4. The summed E-state index contributed by atoms with van der Waals surface area (Å²) in [5.74, 6) is -0.738. The summed E-state index contributed by atoms with van der Waals surface area (Å²) in [4.78, 5) is 16.6. The fraction of sp³-hybridized carbons (Fsp3) is 0.130. The maximum absolute atomic E-state index is 13.1. The van der Waals surface area contributed by atoms with Gasteiger partial charge in [-0.1, -0.05) is 30.3 Å². The molecule has 0 unspecified atom stereocenters. The van der Waals surface area contributed by atoms with Gasteiger partial charge in [0.1, 0.15) is 5.82 Å². The van der Waals surface area contributed by atoms with E-state index in [1.54, 1.807) is 18.2 Å². The number of carbonyl (C=O) groups is 1. The second-order valence-electron chi connectivity index (χ2n) is 6.95. The van der Waals surface area contributed by atoms with E-state index in [2.05, 4.69) is 27.0 Å². The molecule has 0 spiro atoms. The molecule has 4 aromatic rings. The van der Waals surface area contributed by atoms with Gasteiger partial charge in [-0.05, 0) is 49.2 Å². The third-order valence-corrected chi connectivity index (χ3v) is 5.72. The van der Waals surface area contributed by atoms with Gasteiger partial charge in [0.15, 0.2) is 5.13 Å². The normalized spacial score (nSPS) is 10.9. The molecule has 2 heterocycles. The van der Waals surface area contributed by atoms with E-state index in [1.807, 2.05) is 30.5 Å². The molecule has 0 saturated carbocycles. The minimum Gasteiger partial charge on any atom is -0.366 e. The SMILES string of the molecule is Cc1c(C(N)=O)cc(-c2csc(Nc3ccc(F)cc3)n2)n1CCc1ccccc1. The lowest BCUT2D eigenvalue weighted by Crippen LogP contribution is -2.13. The maximum atomic E-state index is 13.1. The van der Waals surface area contributed by atoms with E-state index in [1.165, 1.54) is 29.0 Å². The zero-order valence-electron chi connectivity index (χ0n) is 16.4. The third kappa shape index (κ3) is 4.26. The fourth-order valence-corrected chi connectivity index (χ4v) is 4.11. The first-order chi connectivity index (χ1) is 14.5. The van der Waals surface area contributed by atoms with Crippen LogP contribution in [0.3, 0.4) is 0 Å². The predicted molar refractivity (Wildman–Crippen MR) is 119 cm³/mol. The maximum Gasteiger partial charge on any atom is 0.250 e. The van der Waals surface area contributed by atoms with Gasteiger partial charge in [-0.2, -0.15) is 0 Å². The number of thiazole rings is 1. The van der Waals surface area contributed by atoms with Gasteiger partial charge >= 0.3 is 0 Å². The summed E-state index contributed by atoms with van der Waals surface area (Å²) in [5, 5.41) is 5.80. The fourth-order valence-electron chi connectivity index (χ4n) is 3.39. The number of primary amides is 1. The van der Waals surface area contributed by atoms with Crippen molar-refractivity contribution >= 4 is 28.1 Å². The second kappa shape index (κ2) is 8.51. The van der Waals surface area contributed by atoms with Gasteiger partial charge in [-0.15, -0.1) is 11.3 Å². The Balaban J connectivity index is 1.62. The van der Waals surface area contributed by atoms with Crippen LogP contribution in [0.5, 0.6) is 0 Å². The number of nitrogens with one attached hydrogen (secondary N) is 1. The monoisotopic (exact) mass is 420 g/mol. The Morgan fingerprint density at radius 2 is 1.90 bits per heavy atom. The zero-order valence-corrected chi connectivity index (χ0v) is 17.2. The standard InChI is InChI=1S/C23H21FN4OS/c1-15-19(22(25)29)13-21(28(15)12-11-16-5-3-2-4-6-16)20-14-30-23(27-20)26-18-9-7-17(24)8-10-18/h2-10,13-14H,11-12H2,1H3,(H2,25,29)(H,26,27). The largest absolute Gasteiger partial charge is 0.366 e. The molecule has 7 heteroatoms. The van der Waals surface area contributed by atoms with E-state index >= 15 is 0 Å². The highest BCUT2D eigenvalue weighted by molar-refractivity contribution is 7.14. The number of hydrogen-bond donors (Lipinski definition) is 2. The number of amides is 1. The van der Waals surface area contributed by atoms with Crippen molar-refractivity contribution in [2.45, 2.75) is 19.9 Å². The lowest BCUT2D eigenvalue weighted by Gasteiger charge is -2.11. The van der Waals surface area contributed by atoms with Crippen molar-refractivity contribution in [1.82, 2.24) is 9.55 Å². The first kappa shape index (κ1) is 19.8. The van der Waals surface area contributed by atoms with E-state index < -0.39 is 5.91 Å². The Labute approximate surface area is 178 Å². The lowest BCUT2D eigenvalue weighted by molar-refractivity contribution is 0.0999. The summed E-state index contributed by atoms with van der Waals surface area (Å²) < 4.78 is 15.2. The molecule has 0 fully saturated rings. The van der Waals surface area contributed by atoms with Gasteiger partial charge in [0.05, 0.1) is 17.0 Å². The molecule has 0 radical (unpaired) electrons. The second-order valence-corrected chi connectivity index (χ2v) is 7.81. The minimum absolute atomic E-state index is 0.286. The first-order valence-electron chi connectivity index (χ1n) is 9.53. The highest BCUT2D eigenvalue weighted by Gasteiger charge is 2.18. The topological polar surface area (TPSA) is 72.9 Å². The Hall–Kier alpha value is -3.45. The van der Waals surface area contributed by atoms with Crippen LogP contribution >= 0.6 is 11.3 Å². The Kier molecular flexibility index (Phi) is 5.63. The van der Waals surface area contributed by atoms with Crippen molar-refractivity contribution in [3.05, 3.63) is 88.7 Å². The van der Waals surface area contributed by atoms with Crippen LogP contribution in [0.25, 0.3) is 11.4 Å². The average Bonchev–Trinajstić information content (AvgIpc) is 3.33. The molecule has 2 aromatic heterocycles.